The molecular weight excluding hydrogens is 190 g/mol. The van der Waals surface area contributed by atoms with Gasteiger partial charge in [0.1, 0.15) is 0 Å². The molecule has 0 saturated carbocycles. The molecular formula is C12H15NS. The lowest BCUT2D eigenvalue weighted by Gasteiger charge is -2.32. The summed E-state index contributed by atoms with van der Waals surface area (Å²) in [5, 5.41) is 0. The van der Waals surface area contributed by atoms with Crippen LogP contribution in [0.15, 0.2) is 30.0 Å². The van der Waals surface area contributed by atoms with Crippen molar-refractivity contribution in [3.63, 3.8) is 0 Å². The first-order valence-electron chi connectivity index (χ1n) is 5.11. The third-order valence-electron chi connectivity index (χ3n) is 2.91. The molecule has 0 spiro atoms. The first-order valence-corrected chi connectivity index (χ1v) is 5.74. The summed E-state index contributed by atoms with van der Waals surface area (Å²) in [4.78, 5) is 4.38. The number of rotatable bonds is 3. The molecule has 0 aliphatic heterocycles. The van der Waals surface area contributed by atoms with Crippen molar-refractivity contribution < 1.29 is 0 Å². The van der Waals surface area contributed by atoms with E-state index >= 15 is 0 Å². The van der Waals surface area contributed by atoms with E-state index in [4.69, 9.17) is 0 Å². The van der Waals surface area contributed by atoms with Crippen LogP contribution in [0.25, 0.3) is 5.57 Å². The zero-order valence-electron chi connectivity index (χ0n) is 8.40. The Balaban J connectivity index is 2.29. The van der Waals surface area contributed by atoms with Crippen LogP contribution in [-0.2, 0) is 0 Å². The van der Waals surface area contributed by atoms with Crippen LogP contribution in [-0.4, -0.2) is 10.7 Å². The van der Waals surface area contributed by atoms with Gasteiger partial charge in [0.05, 0.1) is 5.69 Å². The molecule has 1 heterocycles. The molecule has 0 saturated heterocycles. The van der Waals surface area contributed by atoms with Gasteiger partial charge in [-0.15, -0.1) is 0 Å². The van der Waals surface area contributed by atoms with Crippen LogP contribution in [0.1, 0.15) is 25.5 Å². The normalized spacial score (nSPS) is 20.9. The van der Waals surface area contributed by atoms with E-state index in [-0.39, 0.29) is 0 Å². The van der Waals surface area contributed by atoms with Gasteiger partial charge in [0.15, 0.2) is 0 Å². The van der Waals surface area contributed by atoms with Crippen LogP contribution in [0.2, 0.25) is 0 Å². The van der Waals surface area contributed by atoms with Gasteiger partial charge in [0, 0.05) is 6.20 Å². The van der Waals surface area contributed by atoms with Crippen molar-refractivity contribution in [3.8, 4) is 0 Å². The van der Waals surface area contributed by atoms with E-state index in [2.05, 4.69) is 36.7 Å². The molecule has 2 heteroatoms. The summed E-state index contributed by atoms with van der Waals surface area (Å²) in [6.45, 7) is 2.22. The number of hydrogen-bond donors (Lipinski definition) is 1. The summed E-state index contributed by atoms with van der Waals surface area (Å²) < 4.78 is 0. The second-order valence-electron chi connectivity index (χ2n) is 3.66. The lowest BCUT2D eigenvalue weighted by Crippen LogP contribution is -2.19. The van der Waals surface area contributed by atoms with E-state index in [0.29, 0.717) is 5.92 Å². The summed E-state index contributed by atoms with van der Waals surface area (Å²) in [6, 6.07) is 6.11. The van der Waals surface area contributed by atoms with Gasteiger partial charge in [-0.05, 0) is 42.2 Å². The SMILES string of the molecule is CCC1=C(c2ccccn2)CC1CS. The van der Waals surface area contributed by atoms with Crippen molar-refractivity contribution in [1.82, 2.24) is 4.98 Å². The van der Waals surface area contributed by atoms with Crippen molar-refractivity contribution in [2.75, 3.05) is 5.75 Å². The Hall–Kier alpha value is -0.760. The number of nitrogens with zero attached hydrogens (tertiary/aromatic N) is 1. The van der Waals surface area contributed by atoms with Crippen molar-refractivity contribution in [2.24, 2.45) is 5.92 Å². The second-order valence-corrected chi connectivity index (χ2v) is 4.02. The van der Waals surface area contributed by atoms with Gasteiger partial charge in [-0.2, -0.15) is 12.6 Å². The lowest BCUT2D eigenvalue weighted by molar-refractivity contribution is 0.626. The van der Waals surface area contributed by atoms with Crippen molar-refractivity contribution >= 4 is 18.2 Å². The molecule has 0 N–H and O–H groups in total. The molecule has 2 rings (SSSR count). The summed E-state index contributed by atoms with van der Waals surface area (Å²) in [5.74, 6) is 1.67. The minimum Gasteiger partial charge on any atom is -0.257 e. The zero-order chi connectivity index (χ0) is 9.97. The summed E-state index contributed by atoms with van der Waals surface area (Å²) in [6.07, 6.45) is 4.16. The van der Waals surface area contributed by atoms with E-state index < -0.39 is 0 Å². The molecule has 1 unspecified atom stereocenters. The second kappa shape index (κ2) is 4.18. The van der Waals surface area contributed by atoms with Gasteiger partial charge in [-0.1, -0.05) is 18.6 Å². The number of aromatic nitrogens is 1. The van der Waals surface area contributed by atoms with Gasteiger partial charge in [-0.3, -0.25) is 4.98 Å². The maximum atomic E-state index is 4.38. The topological polar surface area (TPSA) is 12.9 Å². The fourth-order valence-corrected chi connectivity index (χ4v) is 2.45. The molecule has 1 atom stereocenters. The Morgan fingerprint density at radius 3 is 2.93 bits per heavy atom. The Labute approximate surface area is 90.7 Å². The Morgan fingerprint density at radius 2 is 2.36 bits per heavy atom. The van der Waals surface area contributed by atoms with Crippen LogP contribution < -0.4 is 0 Å². The predicted molar refractivity (Wildman–Crippen MR) is 63.4 cm³/mol. The molecule has 0 amide bonds. The highest BCUT2D eigenvalue weighted by Gasteiger charge is 2.27. The summed E-state index contributed by atoms with van der Waals surface area (Å²) in [5.41, 5.74) is 4.16. The largest absolute Gasteiger partial charge is 0.257 e. The van der Waals surface area contributed by atoms with E-state index in [1.54, 1.807) is 5.57 Å². The van der Waals surface area contributed by atoms with Crippen LogP contribution in [0.3, 0.4) is 0 Å². The number of pyridine rings is 1. The maximum absolute atomic E-state index is 4.38. The molecule has 14 heavy (non-hydrogen) atoms. The zero-order valence-corrected chi connectivity index (χ0v) is 9.30. The molecule has 0 fully saturated rings. The van der Waals surface area contributed by atoms with Crippen LogP contribution in [0.5, 0.6) is 0 Å². The molecule has 0 bridgehead atoms. The highest BCUT2D eigenvalue weighted by Crippen LogP contribution is 2.42. The van der Waals surface area contributed by atoms with Gasteiger partial charge >= 0.3 is 0 Å². The van der Waals surface area contributed by atoms with E-state index in [1.807, 2.05) is 12.3 Å². The minimum absolute atomic E-state index is 0.695. The molecule has 74 valence electrons. The quantitative estimate of drug-likeness (QED) is 0.748. The predicted octanol–water partition coefficient (Wildman–Crippen LogP) is 3.19. The van der Waals surface area contributed by atoms with Gasteiger partial charge in [-0.25, -0.2) is 0 Å². The average molecular weight is 205 g/mol. The van der Waals surface area contributed by atoms with Crippen LogP contribution >= 0.6 is 12.6 Å². The average Bonchev–Trinajstić information content (AvgIpc) is 2.19. The van der Waals surface area contributed by atoms with Crippen LogP contribution in [0, 0.1) is 5.92 Å². The molecule has 1 nitrogen and oxygen atoms in total. The van der Waals surface area contributed by atoms with E-state index in [1.165, 1.54) is 5.57 Å². The third kappa shape index (κ3) is 1.59. The van der Waals surface area contributed by atoms with Crippen molar-refractivity contribution in [3.05, 3.63) is 35.7 Å². The highest BCUT2D eigenvalue weighted by molar-refractivity contribution is 7.80. The van der Waals surface area contributed by atoms with Crippen molar-refractivity contribution in [2.45, 2.75) is 19.8 Å². The molecule has 1 aromatic heterocycles. The molecule has 1 aliphatic carbocycles. The van der Waals surface area contributed by atoms with E-state index in [0.717, 1.165) is 24.3 Å². The fraction of sp³-hybridized carbons (Fsp3) is 0.417. The van der Waals surface area contributed by atoms with E-state index in [9.17, 15) is 0 Å². The number of thiol groups is 1. The number of allylic oxidation sites excluding steroid dienone is 2. The standard InChI is InChI=1S/C12H15NS/c1-2-10-9(8-14)7-11(10)12-5-3-4-6-13-12/h3-6,9,14H,2,7-8H2,1H3. The molecule has 0 radical (unpaired) electrons. The first-order chi connectivity index (χ1) is 6.86. The smallest absolute Gasteiger partial charge is 0.0661 e. The molecule has 1 aliphatic rings. The maximum Gasteiger partial charge on any atom is 0.0661 e. The first kappa shape index (κ1) is 9.78. The summed E-state index contributed by atoms with van der Waals surface area (Å²) in [7, 11) is 0. The lowest BCUT2D eigenvalue weighted by atomic mass is 9.75. The highest BCUT2D eigenvalue weighted by atomic mass is 32.1. The number of hydrogen-bond acceptors (Lipinski definition) is 2. The monoisotopic (exact) mass is 205 g/mol. The fourth-order valence-electron chi connectivity index (χ4n) is 2.10. The third-order valence-corrected chi connectivity index (χ3v) is 3.35. The molecule has 1 aromatic rings. The Morgan fingerprint density at radius 1 is 1.50 bits per heavy atom. The molecule has 0 aromatic carbocycles. The van der Waals surface area contributed by atoms with Gasteiger partial charge < -0.3 is 0 Å². The Kier molecular flexibility index (Phi) is 2.92. The summed E-state index contributed by atoms with van der Waals surface area (Å²) >= 11 is 4.36. The van der Waals surface area contributed by atoms with Gasteiger partial charge in [0.25, 0.3) is 0 Å². The Bertz CT molecular complexity index is 343. The van der Waals surface area contributed by atoms with Gasteiger partial charge in [0.2, 0.25) is 0 Å². The minimum atomic E-state index is 0.695. The van der Waals surface area contributed by atoms with Crippen LogP contribution in [0.4, 0.5) is 0 Å². The van der Waals surface area contributed by atoms with Crippen molar-refractivity contribution in [1.29, 1.82) is 0 Å².